The summed E-state index contributed by atoms with van der Waals surface area (Å²) in [7, 11) is 0. The SMILES string of the molecule is Cc1cc(C)c(NC(=O)CNC(=O)c2sccc2-c2ccccc2)c(C)c1. The predicted octanol–water partition coefficient (Wildman–Crippen LogP) is 4.71. The lowest BCUT2D eigenvalue weighted by Crippen LogP contribution is -2.33. The molecular formula is C22H22N2O2S. The van der Waals surface area contributed by atoms with E-state index in [1.54, 1.807) is 0 Å². The van der Waals surface area contributed by atoms with Crippen LogP contribution in [0.15, 0.2) is 53.9 Å². The molecule has 2 aromatic carbocycles. The van der Waals surface area contributed by atoms with Crippen LogP contribution in [0.2, 0.25) is 0 Å². The largest absolute Gasteiger partial charge is 0.342 e. The predicted molar refractivity (Wildman–Crippen MR) is 111 cm³/mol. The summed E-state index contributed by atoms with van der Waals surface area (Å²) < 4.78 is 0. The topological polar surface area (TPSA) is 58.2 Å². The van der Waals surface area contributed by atoms with E-state index in [9.17, 15) is 9.59 Å². The van der Waals surface area contributed by atoms with Crippen molar-refractivity contribution in [3.8, 4) is 11.1 Å². The van der Waals surface area contributed by atoms with Gasteiger partial charge in [0.05, 0.1) is 11.4 Å². The number of nitrogens with one attached hydrogen (secondary N) is 2. The average Bonchev–Trinajstić information content (AvgIpc) is 3.13. The molecule has 0 saturated carbocycles. The van der Waals surface area contributed by atoms with Crippen molar-refractivity contribution in [2.45, 2.75) is 20.8 Å². The fourth-order valence-electron chi connectivity index (χ4n) is 3.13. The zero-order valence-corrected chi connectivity index (χ0v) is 16.4. The van der Waals surface area contributed by atoms with Crippen molar-refractivity contribution in [2.75, 3.05) is 11.9 Å². The van der Waals surface area contributed by atoms with E-state index in [0.717, 1.165) is 33.5 Å². The van der Waals surface area contributed by atoms with Crippen LogP contribution >= 0.6 is 11.3 Å². The number of thiophene rings is 1. The molecule has 4 nitrogen and oxygen atoms in total. The van der Waals surface area contributed by atoms with Crippen molar-refractivity contribution in [1.82, 2.24) is 5.32 Å². The molecule has 0 spiro atoms. The normalized spacial score (nSPS) is 10.5. The second kappa shape index (κ2) is 8.18. The van der Waals surface area contributed by atoms with Gasteiger partial charge in [-0.3, -0.25) is 9.59 Å². The van der Waals surface area contributed by atoms with Crippen LogP contribution in [0, 0.1) is 20.8 Å². The van der Waals surface area contributed by atoms with E-state index in [2.05, 4.69) is 10.6 Å². The molecule has 0 aliphatic rings. The van der Waals surface area contributed by atoms with Crippen LogP contribution < -0.4 is 10.6 Å². The van der Waals surface area contributed by atoms with Gasteiger partial charge in [-0.25, -0.2) is 0 Å². The Bertz CT molecular complexity index is 954. The summed E-state index contributed by atoms with van der Waals surface area (Å²) in [6.45, 7) is 5.88. The van der Waals surface area contributed by atoms with Crippen LogP contribution in [0.1, 0.15) is 26.4 Å². The van der Waals surface area contributed by atoms with Crippen LogP contribution in [0.25, 0.3) is 11.1 Å². The first kappa shape index (κ1) is 18.9. The molecule has 0 fully saturated rings. The zero-order chi connectivity index (χ0) is 19.4. The monoisotopic (exact) mass is 378 g/mol. The number of hydrogen-bond donors (Lipinski definition) is 2. The zero-order valence-electron chi connectivity index (χ0n) is 15.6. The van der Waals surface area contributed by atoms with Crippen molar-refractivity contribution in [2.24, 2.45) is 0 Å². The van der Waals surface area contributed by atoms with E-state index in [-0.39, 0.29) is 18.4 Å². The Balaban J connectivity index is 1.65. The number of carbonyl (C=O) groups is 2. The smallest absolute Gasteiger partial charge is 0.262 e. The number of benzene rings is 2. The summed E-state index contributed by atoms with van der Waals surface area (Å²) in [6, 6.07) is 15.7. The lowest BCUT2D eigenvalue weighted by Gasteiger charge is -2.13. The van der Waals surface area contributed by atoms with Crippen LogP contribution in [0.3, 0.4) is 0 Å². The fourth-order valence-corrected chi connectivity index (χ4v) is 3.96. The summed E-state index contributed by atoms with van der Waals surface area (Å²) in [5.41, 5.74) is 5.85. The molecule has 3 aromatic rings. The van der Waals surface area contributed by atoms with Crippen molar-refractivity contribution >= 4 is 28.8 Å². The van der Waals surface area contributed by atoms with Crippen LogP contribution in [-0.2, 0) is 4.79 Å². The van der Waals surface area contributed by atoms with E-state index in [1.807, 2.05) is 74.7 Å². The molecule has 0 atom stereocenters. The molecule has 0 aliphatic carbocycles. The van der Waals surface area contributed by atoms with Crippen LogP contribution in [0.5, 0.6) is 0 Å². The molecule has 0 aliphatic heterocycles. The highest BCUT2D eigenvalue weighted by Crippen LogP contribution is 2.28. The Morgan fingerprint density at radius 1 is 0.963 bits per heavy atom. The molecule has 0 unspecified atom stereocenters. The Morgan fingerprint density at radius 3 is 2.30 bits per heavy atom. The highest BCUT2D eigenvalue weighted by atomic mass is 32.1. The molecule has 0 saturated heterocycles. The molecule has 138 valence electrons. The standard InChI is InChI=1S/C22H22N2O2S/c1-14-11-15(2)20(16(3)12-14)24-19(25)13-23-22(26)21-18(9-10-27-21)17-7-5-4-6-8-17/h4-12H,13H2,1-3H3,(H,23,26)(H,24,25). The van der Waals surface area contributed by atoms with E-state index in [1.165, 1.54) is 11.3 Å². The second-order valence-corrected chi connectivity index (χ2v) is 7.45. The number of rotatable bonds is 5. The third kappa shape index (κ3) is 4.44. The average molecular weight is 378 g/mol. The molecule has 0 radical (unpaired) electrons. The van der Waals surface area contributed by atoms with Gasteiger partial charge in [0.2, 0.25) is 5.91 Å². The first-order valence-corrected chi connectivity index (χ1v) is 9.62. The fraction of sp³-hybridized carbons (Fsp3) is 0.182. The first-order chi connectivity index (χ1) is 13.0. The van der Waals surface area contributed by atoms with Crippen LogP contribution in [0.4, 0.5) is 5.69 Å². The van der Waals surface area contributed by atoms with Gasteiger partial charge >= 0.3 is 0 Å². The van der Waals surface area contributed by atoms with Gasteiger partial charge in [0.15, 0.2) is 0 Å². The van der Waals surface area contributed by atoms with E-state index < -0.39 is 0 Å². The summed E-state index contributed by atoms with van der Waals surface area (Å²) in [5.74, 6) is -0.479. The van der Waals surface area contributed by atoms with Gasteiger partial charge in [0, 0.05) is 11.3 Å². The Hall–Kier alpha value is -2.92. The van der Waals surface area contributed by atoms with Gasteiger partial charge in [-0.15, -0.1) is 11.3 Å². The van der Waals surface area contributed by atoms with Crippen molar-refractivity contribution in [1.29, 1.82) is 0 Å². The number of aryl methyl sites for hydroxylation is 3. The van der Waals surface area contributed by atoms with Crippen LogP contribution in [-0.4, -0.2) is 18.4 Å². The van der Waals surface area contributed by atoms with Gasteiger partial charge in [0.1, 0.15) is 0 Å². The maximum Gasteiger partial charge on any atom is 0.262 e. The summed E-state index contributed by atoms with van der Waals surface area (Å²) >= 11 is 1.37. The van der Waals surface area contributed by atoms with Crippen molar-refractivity contribution < 1.29 is 9.59 Å². The maximum absolute atomic E-state index is 12.6. The van der Waals surface area contributed by atoms with Gasteiger partial charge in [0.25, 0.3) is 5.91 Å². The van der Waals surface area contributed by atoms with Gasteiger partial charge in [-0.2, -0.15) is 0 Å². The third-order valence-corrected chi connectivity index (χ3v) is 5.22. The highest BCUT2D eigenvalue weighted by molar-refractivity contribution is 7.12. The second-order valence-electron chi connectivity index (χ2n) is 6.53. The van der Waals surface area contributed by atoms with Crippen molar-refractivity contribution in [3.63, 3.8) is 0 Å². The summed E-state index contributed by atoms with van der Waals surface area (Å²) in [6.07, 6.45) is 0. The quantitative estimate of drug-likeness (QED) is 0.675. The Morgan fingerprint density at radius 2 is 1.63 bits per heavy atom. The number of carbonyl (C=O) groups excluding carboxylic acids is 2. The summed E-state index contributed by atoms with van der Waals surface area (Å²) in [5, 5.41) is 7.51. The molecule has 2 amide bonds. The van der Waals surface area contributed by atoms with E-state index in [4.69, 9.17) is 0 Å². The molecule has 1 heterocycles. The number of amides is 2. The van der Waals surface area contributed by atoms with Gasteiger partial charge < -0.3 is 10.6 Å². The maximum atomic E-state index is 12.6. The first-order valence-electron chi connectivity index (χ1n) is 8.74. The number of hydrogen-bond acceptors (Lipinski definition) is 3. The molecule has 1 aromatic heterocycles. The molecule has 2 N–H and O–H groups in total. The molecule has 0 bridgehead atoms. The Kier molecular flexibility index (Phi) is 5.72. The highest BCUT2D eigenvalue weighted by Gasteiger charge is 2.16. The number of anilines is 1. The Labute approximate surface area is 163 Å². The lowest BCUT2D eigenvalue weighted by atomic mass is 10.1. The van der Waals surface area contributed by atoms with Gasteiger partial charge in [-0.05, 0) is 48.9 Å². The lowest BCUT2D eigenvalue weighted by molar-refractivity contribution is -0.115. The summed E-state index contributed by atoms with van der Waals surface area (Å²) in [4.78, 5) is 25.5. The molecule has 3 rings (SSSR count). The molecule has 5 heteroatoms. The van der Waals surface area contributed by atoms with E-state index in [0.29, 0.717) is 4.88 Å². The minimum Gasteiger partial charge on any atom is -0.342 e. The van der Waals surface area contributed by atoms with E-state index >= 15 is 0 Å². The minimum absolute atomic E-state index is 0.0717. The molecule has 27 heavy (non-hydrogen) atoms. The molecular weight excluding hydrogens is 356 g/mol. The van der Waals surface area contributed by atoms with Gasteiger partial charge in [-0.1, -0.05) is 48.0 Å². The third-order valence-electron chi connectivity index (χ3n) is 4.31. The minimum atomic E-state index is -0.240. The van der Waals surface area contributed by atoms with Crippen molar-refractivity contribution in [3.05, 3.63) is 75.5 Å².